The maximum absolute atomic E-state index is 13.3. The van der Waals surface area contributed by atoms with Crippen molar-refractivity contribution in [2.45, 2.75) is 18.1 Å². The Kier molecular flexibility index (Phi) is 3.13. The van der Waals surface area contributed by atoms with Gasteiger partial charge in [0, 0.05) is 10.9 Å². The highest BCUT2D eigenvalue weighted by atomic mass is 79.9. The van der Waals surface area contributed by atoms with Crippen LogP contribution in [0.5, 0.6) is 0 Å². The molecule has 90 valence electrons. The van der Waals surface area contributed by atoms with Crippen LogP contribution in [-0.4, -0.2) is 17.0 Å². The summed E-state index contributed by atoms with van der Waals surface area (Å²) in [5.74, 6) is 0.599. The number of hydrogen-bond acceptors (Lipinski definition) is 3. The molecule has 0 aromatic heterocycles. The zero-order chi connectivity index (χ0) is 11.8. The quantitative estimate of drug-likeness (QED) is 0.895. The second kappa shape index (κ2) is 4.61. The van der Waals surface area contributed by atoms with Crippen molar-refractivity contribution in [1.82, 2.24) is 0 Å². The highest BCUT2D eigenvalue weighted by Gasteiger charge is 2.35. The van der Waals surface area contributed by atoms with Crippen molar-refractivity contribution in [3.8, 4) is 0 Å². The van der Waals surface area contributed by atoms with Gasteiger partial charge in [0.25, 0.3) is 0 Å². The van der Waals surface area contributed by atoms with Crippen LogP contribution < -0.4 is 5.32 Å². The standard InChI is InChI=1S/C12H12BrFN2S/c13-9-4-3-8(5-10(9)14)16-12-15-6-11(17-12)7-1-2-7/h3-5,7,11H,1-2,6H2,(H,15,16). The molecule has 1 atom stereocenters. The SMILES string of the molecule is Fc1cc(NC2=NCC(C3CC3)S2)ccc1Br. The Labute approximate surface area is 112 Å². The molecule has 1 aromatic rings. The van der Waals surface area contributed by atoms with Gasteiger partial charge in [0.1, 0.15) is 5.82 Å². The number of hydrogen-bond donors (Lipinski definition) is 1. The van der Waals surface area contributed by atoms with Crippen molar-refractivity contribution in [3.63, 3.8) is 0 Å². The number of rotatable bonds is 2. The maximum atomic E-state index is 13.3. The minimum atomic E-state index is -0.252. The first kappa shape index (κ1) is 11.5. The average Bonchev–Trinajstić information content (AvgIpc) is 3.06. The van der Waals surface area contributed by atoms with Crippen LogP contribution >= 0.6 is 27.7 Å². The second-order valence-corrected chi connectivity index (χ2v) is 6.48. The van der Waals surface area contributed by atoms with E-state index in [1.165, 1.54) is 18.9 Å². The molecule has 17 heavy (non-hydrogen) atoms. The molecular weight excluding hydrogens is 303 g/mol. The van der Waals surface area contributed by atoms with E-state index < -0.39 is 0 Å². The van der Waals surface area contributed by atoms with Crippen molar-refractivity contribution < 1.29 is 4.39 Å². The highest BCUT2D eigenvalue weighted by molar-refractivity contribution is 9.10. The van der Waals surface area contributed by atoms with Crippen LogP contribution in [0.1, 0.15) is 12.8 Å². The van der Waals surface area contributed by atoms with E-state index in [0.29, 0.717) is 9.72 Å². The summed E-state index contributed by atoms with van der Waals surface area (Å²) in [6.07, 6.45) is 2.68. The number of amidine groups is 1. The highest BCUT2D eigenvalue weighted by Crippen LogP contribution is 2.42. The molecule has 0 amide bonds. The lowest BCUT2D eigenvalue weighted by atomic mass is 10.3. The molecule has 2 aliphatic rings. The van der Waals surface area contributed by atoms with Gasteiger partial charge in [0.2, 0.25) is 0 Å². The minimum Gasteiger partial charge on any atom is -0.335 e. The fraction of sp³-hybridized carbons (Fsp3) is 0.417. The van der Waals surface area contributed by atoms with Crippen molar-refractivity contribution in [2.75, 3.05) is 11.9 Å². The summed E-state index contributed by atoms with van der Waals surface area (Å²) in [6.45, 7) is 0.899. The third-order valence-electron chi connectivity index (χ3n) is 3.00. The van der Waals surface area contributed by atoms with E-state index in [2.05, 4.69) is 26.2 Å². The van der Waals surface area contributed by atoms with Gasteiger partial charge < -0.3 is 5.32 Å². The maximum Gasteiger partial charge on any atom is 0.161 e. The molecule has 0 saturated heterocycles. The first-order valence-electron chi connectivity index (χ1n) is 5.65. The summed E-state index contributed by atoms with van der Waals surface area (Å²) < 4.78 is 13.8. The van der Waals surface area contributed by atoms with Crippen molar-refractivity contribution in [2.24, 2.45) is 10.9 Å². The van der Waals surface area contributed by atoms with E-state index in [-0.39, 0.29) is 5.82 Å². The van der Waals surface area contributed by atoms with E-state index in [0.717, 1.165) is 23.3 Å². The van der Waals surface area contributed by atoms with E-state index in [4.69, 9.17) is 0 Å². The molecule has 1 aliphatic carbocycles. The Balaban J connectivity index is 1.64. The monoisotopic (exact) mass is 314 g/mol. The fourth-order valence-corrected chi connectivity index (χ4v) is 3.34. The van der Waals surface area contributed by atoms with Crippen LogP contribution in [0.3, 0.4) is 0 Å². The van der Waals surface area contributed by atoms with Crippen LogP contribution in [0.15, 0.2) is 27.7 Å². The Morgan fingerprint density at radius 3 is 2.94 bits per heavy atom. The van der Waals surface area contributed by atoms with Gasteiger partial charge in [-0.3, -0.25) is 4.99 Å². The Morgan fingerprint density at radius 2 is 2.24 bits per heavy atom. The number of halogens is 2. The number of thioether (sulfide) groups is 1. The normalized spacial score (nSPS) is 23.6. The predicted octanol–water partition coefficient (Wildman–Crippen LogP) is 3.88. The molecule has 1 fully saturated rings. The molecule has 0 radical (unpaired) electrons. The van der Waals surface area contributed by atoms with Crippen LogP contribution in [0.4, 0.5) is 10.1 Å². The molecular formula is C12H12BrFN2S. The molecule has 1 aromatic carbocycles. The average molecular weight is 315 g/mol. The van der Waals surface area contributed by atoms with Crippen molar-refractivity contribution >= 4 is 38.5 Å². The molecule has 1 heterocycles. The smallest absolute Gasteiger partial charge is 0.161 e. The Morgan fingerprint density at radius 1 is 1.41 bits per heavy atom. The molecule has 1 N–H and O–H groups in total. The zero-order valence-electron chi connectivity index (χ0n) is 9.12. The van der Waals surface area contributed by atoms with E-state index in [9.17, 15) is 4.39 Å². The number of aliphatic imine (C=N–C) groups is 1. The summed E-state index contributed by atoms with van der Waals surface area (Å²) in [5, 5.41) is 4.73. The van der Waals surface area contributed by atoms with Crippen LogP contribution in [0, 0.1) is 11.7 Å². The summed E-state index contributed by atoms with van der Waals surface area (Å²) >= 11 is 4.93. The van der Waals surface area contributed by atoms with Gasteiger partial charge in [-0.2, -0.15) is 0 Å². The predicted molar refractivity (Wildman–Crippen MR) is 74.1 cm³/mol. The Bertz CT molecular complexity index is 474. The van der Waals surface area contributed by atoms with Gasteiger partial charge in [-0.1, -0.05) is 11.8 Å². The van der Waals surface area contributed by atoms with Crippen LogP contribution in [-0.2, 0) is 0 Å². The van der Waals surface area contributed by atoms with Gasteiger partial charge in [-0.05, 0) is 52.9 Å². The van der Waals surface area contributed by atoms with Gasteiger partial charge in [0.05, 0.1) is 11.0 Å². The van der Waals surface area contributed by atoms with Gasteiger partial charge in [-0.25, -0.2) is 4.39 Å². The summed E-state index contributed by atoms with van der Waals surface area (Å²) in [5.41, 5.74) is 0.758. The molecule has 1 aliphatic heterocycles. The number of nitrogens with zero attached hydrogens (tertiary/aromatic N) is 1. The van der Waals surface area contributed by atoms with Gasteiger partial charge in [-0.15, -0.1) is 0 Å². The lowest BCUT2D eigenvalue weighted by Gasteiger charge is -2.08. The number of benzene rings is 1. The number of nitrogens with one attached hydrogen (secondary N) is 1. The molecule has 5 heteroatoms. The second-order valence-electron chi connectivity index (χ2n) is 4.39. The van der Waals surface area contributed by atoms with E-state index in [1.54, 1.807) is 17.8 Å². The van der Waals surface area contributed by atoms with Crippen LogP contribution in [0.25, 0.3) is 0 Å². The third-order valence-corrected chi connectivity index (χ3v) is 4.93. The fourth-order valence-electron chi connectivity index (χ4n) is 1.87. The lowest BCUT2D eigenvalue weighted by Crippen LogP contribution is -2.09. The summed E-state index contributed by atoms with van der Waals surface area (Å²) in [6, 6.07) is 5.04. The topological polar surface area (TPSA) is 24.4 Å². The van der Waals surface area contributed by atoms with Gasteiger partial charge in [0.15, 0.2) is 5.17 Å². The third kappa shape index (κ3) is 2.65. The molecule has 0 bridgehead atoms. The molecule has 1 saturated carbocycles. The largest absolute Gasteiger partial charge is 0.335 e. The summed E-state index contributed by atoms with van der Waals surface area (Å²) in [7, 11) is 0. The lowest BCUT2D eigenvalue weighted by molar-refractivity contribution is 0.622. The summed E-state index contributed by atoms with van der Waals surface area (Å²) in [4.78, 5) is 4.46. The molecule has 3 rings (SSSR count). The van der Waals surface area contributed by atoms with Crippen LogP contribution in [0.2, 0.25) is 0 Å². The molecule has 2 nitrogen and oxygen atoms in total. The number of anilines is 1. The zero-order valence-corrected chi connectivity index (χ0v) is 11.5. The Hall–Kier alpha value is -0.550. The molecule has 0 spiro atoms. The van der Waals surface area contributed by atoms with E-state index in [1.807, 2.05) is 6.07 Å². The first-order valence-corrected chi connectivity index (χ1v) is 7.33. The van der Waals surface area contributed by atoms with Crippen molar-refractivity contribution in [1.29, 1.82) is 0 Å². The minimum absolute atomic E-state index is 0.252. The molecule has 1 unspecified atom stereocenters. The van der Waals surface area contributed by atoms with Crippen molar-refractivity contribution in [3.05, 3.63) is 28.5 Å². The van der Waals surface area contributed by atoms with E-state index >= 15 is 0 Å². The first-order chi connectivity index (χ1) is 8.22. The van der Waals surface area contributed by atoms with Gasteiger partial charge >= 0.3 is 0 Å².